The fourth-order valence-corrected chi connectivity index (χ4v) is 4.30. The third kappa shape index (κ3) is 4.59. The Labute approximate surface area is 173 Å². The maximum absolute atomic E-state index is 6.25. The van der Waals surface area contributed by atoms with Crippen molar-refractivity contribution < 1.29 is 14.2 Å². The van der Waals surface area contributed by atoms with Gasteiger partial charge in [0.25, 0.3) is 0 Å². The molecule has 0 N–H and O–H groups in total. The second kappa shape index (κ2) is 8.76. The molecule has 1 saturated heterocycles. The lowest BCUT2D eigenvalue weighted by Gasteiger charge is -2.35. The van der Waals surface area contributed by atoms with Crippen molar-refractivity contribution in [3.8, 4) is 5.88 Å². The third-order valence-corrected chi connectivity index (χ3v) is 6.39. The van der Waals surface area contributed by atoms with Gasteiger partial charge in [0.05, 0.1) is 19.8 Å². The fourth-order valence-electron chi connectivity index (χ4n) is 4.30. The van der Waals surface area contributed by atoms with Gasteiger partial charge >= 0.3 is 0 Å². The molecule has 1 saturated carbocycles. The van der Waals surface area contributed by atoms with E-state index < -0.39 is 0 Å². The highest BCUT2D eigenvalue weighted by Crippen LogP contribution is 2.44. The molecule has 0 bridgehead atoms. The molecule has 0 radical (unpaired) electrons. The molecule has 6 heteroatoms. The number of ether oxygens (including phenoxy) is 3. The van der Waals surface area contributed by atoms with Crippen molar-refractivity contribution in [3.63, 3.8) is 0 Å². The zero-order valence-electron chi connectivity index (χ0n) is 17.6. The van der Waals surface area contributed by atoms with Gasteiger partial charge in [0.15, 0.2) is 5.79 Å². The van der Waals surface area contributed by atoms with E-state index in [0.29, 0.717) is 37.6 Å². The summed E-state index contributed by atoms with van der Waals surface area (Å²) in [6.45, 7) is 8.33. The number of aryl methyl sites for hydroxylation is 1. The molecule has 2 aliphatic rings. The van der Waals surface area contributed by atoms with E-state index in [0.717, 1.165) is 48.6 Å². The van der Waals surface area contributed by atoms with Crippen LogP contribution in [0.25, 0.3) is 0 Å². The van der Waals surface area contributed by atoms with Gasteiger partial charge in [0.1, 0.15) is 5.82 Å². The first-order valence-corrected chi connectivity index (χ1v) is 10.7. The Morgan fingerprint density at radius 2 is 1.90 bits per heavy atom. The van der Waals surface area contributed by atoms with E-state index >= 15 is 0 Å². The predicted molar refractivity (Wildman–Crippen MR) is 110 cm³/mol. The Morgan fingerprint density at radius 3 is 2.59 bits per heavy atom. The number of aromatic nitrogens is 3. The van der Waals surface area contributed by atoms with Crippen molar-refractivity contribution in [1.29, 1.82) is 0 Å². The van der Waals surface area contributed by atoms with Gasteiger partial charge in [-0.25, -0.2) is 4.98 Å². The summed E-state index contributed by atoms with van der Waals surface area (Å²) in [7, 11) is 0. The van der Waals surface area contributed by atoms with E-state index in [-0.39, 0.29) is 5.79 Å². The quantitative estimate of drug-likeness (QED) is 0.720. The fraction of sp³-hybridized carbons (Fsp3) is 0.609. The van der Waals surface area contributed by atoms with Crippen molar-refractivity contribution in [2.24, 2.45) is 5.92 Å². The molecule has 1 aliphatic carbocycles. The Kier molecular flexibility index (Phi) is 6.11. The van der Waals surface area contributed by atoms with Crippen LogP contribution in [0.4, 0.5) is 0 Å². The van der Waals surface area contributed by atoms with Crippen LogP contribution in [0.2, 0.25) is 0 Å². The van der Waals surface area contributed by atoms with E-state index in [4.69, 9.17) is 14.2 Å². The summed E-state index contributed by atoms with van der Waals surface area (Å²) in [5, 5.41) is 0. The summed E-state index contributed by atoms with van der Waals surface area (Å²) in [6, 6.07) is 6.06. The smallest absolute Gasteiger partial charge is 0.220 e. The summed E-state index contributed by atoms with van der Waals surface area (Å²) >= 11 is 0. The van der Waals surface area contributed by atoms with Crippen LogP contribution in [-0.2, 0) is 9.47 Å². The van der Waals surface area contributed by atoms with Gasteiger partial charge in [-0.3, -0.25) is 4.98 Å². The first kappa shape index (κ1) is 20.2. The maximum atomic E-state index is 6.25. The second-order valence-corrected chi connectivity index (χ2v) is 8.39. The molecule has 2 aromatic rings. The maximum Gasteiger partial charge on any atom is 0.220 e. The largest absolute Gasteiger partial charge is 0.477 e. The standard InChI is InChI=1S/C23H31N3O3/c1-16(17(2)21-6-4-5-11-24-21)15-27-22-20(14-25-18(3)26-22)19-7-9-23(10-8-19)28-12-13-29-23/h4-6,11,14,16-17,19H,7-10,12-13,15H2,1-3H3/t16-,17-/m1/s1. The second-order valence-electron chi connectivity index (χ2n) is 8.39. The summed E-state index contributed by atoms with van der Waals surface area (Å²) in [5.41, 5.74) is 2.21. The van der Waals surface area contributed by atoms with Crippen LogP contribution >= 0.6 is 0 Å². The average molecular weight is 398 g/mol. The van der Waals surface area contributed by atoms with Crippen molar-refractivity contribution >= 4 is 0 Å². The van der Waals surface area contributed by atoms with Crippen LogP contribution in [0.15, 0.2) is 30.6 Å². The van der Waals surface area contributed by atoms with Gasteiger partial charge < -0.3 is 14.2 Å². The van der Waals surface area contributed by atoms with Crippen LogP contribution in [0, 0.1) is 12.8 Å². The molecule has 2 atom stereocenters. The molecule has 29 heavy (non-hydrogen) atoms. The number of hydrogen-bond donors (Lipinski definition) is 0. The number of pyridine rings is 1. The minimum Gasteiger partial charge on any atom is -0.477 e. The molecule has 0 aromatic carbocycles. The van der Waals surface area contributed by atoms with Crippen LogP contribution < -0.4 is 4.74 Å². The molecule has 0 amide bonds. The highest BCUT2D eigenvalue weighted by Gasteiger charge is 2.41. The Morgan fingerprint density at radius 1 is 1.14 bits per heavy atom. The normalized spacial score (nSPS) is 21.2. The molecule has 1 spiro atoms. The molecule has 156 valence electrons. The minimum absolute atomic E-state index is 0.314. The van der Waals surface area contributed by atoms with E-state index in [1.165, 1.54) is 0 Å². The zero-order valence-corrected chi connectivity index (χ0v) is 17.6. The first-order valence-electron chi connectivity index (χ1n) is 10.7. The summed E-state index contributed by atoms with van der Waals surface area (Å²) in [6.07, 6.45) is 7.63. The molecule has 4 rings (SSSR count). The molecular weight excluding hydrogens is 366 g/mol. The van der Waals surface area contributed by atoms with E-state index in [1.807, 2.05) is 31.5 Å². The van der Waals surface area contributed by atoms with Crippen LogP contribution in [0.1, 0.15) is 68.4 Å². The topological polar surface area (TPSA) is 66.4 Å². The van der Waals surface area contributed by atoms with Crippen molar-refractivity contribution in [1.82, 2.24) is 15.0 Å². The van der Waals surface area contributed by atoms with Crippen LogP contribution in [-0.4, -0.2) is 40.6 Å². The van der Waals surface area contributed by atoms with Gasteiger partial charge in [-0.1, -0.05) is 19.9 Å². The summed E-state index contributed by atoms with van der Waals surface area (Å²) in [4.78, 5) is 13.6. The van der Waals surface area contributed by atoms with Crippen LogP contribution in [0.5, 0.6) is 5.88 Å². The lowest BCUT2D eigenvalue weighted by atomic mass is 9.81. The highest BCUT2D eigenvalue weighted by molar-refractivity contribution is 5.28. The lowest BCUT2D eigenvalue weighted by molar-refractivity contribution is -0.178. The number of rotatable bonds is 6. The van der Waals surface area contributed by atoms with Gasteiger partial charge in [-0.05, 0) is 43.7 Å². The Balaban J connectivity index is 1.42. The number of nitrogens with zero attached hydrogens (tertiary/aromatic N) is 3. The van der Waals surface area contributed by atoms with E-state index in [9.17, 15) is 0 Å². The van der Waals surface area contributed by atoms with Gasteiger partial charge in [-0.15, -0.1) is 0 Å². The predicted octanol–water partition coefficient (Wildman–Crippen LogP) is 4.40. The first-order chi connectivity index (χ1) is 14.1. The number of hydrogen-bond acceptors (Lipinski definition) is 6. The highest BCUT2D eigenvalue weighted by atomic mass is 16.7. The third-order valence-electron chi connectivity index (χ3n) is 6.39. The molecule has 1 aliphatic heterocycles. The Bertz CT molecular complexity index is 798. The summed E-state index contributed by atoms with van der Waals surface area (Å²) < 4.78 is 18.0. The lowest BCUT2D eigenvalue weighted by Crippen LogP contribution is -2.34. The molecule has 3 heterocycles. The van der Waals surface area contributed by atoms with Crippen molar-refractivity contribution in [2.45, 2.75) is 64.1 Å². The van der Waals surface area contributed by atoms with Crippen molar-refractivity contribution in [2.75, 3.05) is 19.8 Å². The van der Waals surface area contributed by atoms with Crippen molar-refractivity contribution in [3.05, 3.63) is 47.7 Å². The van der Waals surface area contributed by atoms with Crippen LogP contribution in [0.3, 0.4) is 0 Å². The van der Waals surface area contributed by atoms with Gasteiger partial charge in [0, 0.05) is 42.4 Å². The van der Waals surface area contributed by atoms with E-state index in [1.54, 1.807) is 0 Å². The molecule has 2 aromatic heterocycles. The zero-order chi connectivity index (χ0) is 20.3. The average Bonchev–Trinajstić information content (AvgIpc) is 3.21. The minimum atomic E-state index is -0.351. The summed E-state index contributed by atoms with van der Waals surface area (Å²) in [5.74, 6) is 2.13. The molecule has 6 nitrogen and oxygen atoms in total. The van der Waals surface area contributed by atoms with Gasteiger partial charge in [0.2, 0.25) is 5.88 Å². The monoisotopic (exact) mass is 397 g/mol. The van der Waals surface area contributed by atoms with E-state index in [2.05, 4.69) is 34.9 Å². The molecular formula is C23H31N3O3. The van der Waals surface area contributed by atoms with Gasteiger partial charge in [-0.2, -0.15) is 4.98 Å². The Hall–Kier alpha value is -2.05. The molecule has 2 fully saturated rings. The SMILES string of the molecule is Cc1ncc(C2CCC3(CC2)OCCO3)c(OC[C@@H](C)[C@@H](C)c2ccccn2)n1. The molecule has 0 unspecified atom stereocenters.